The molecule has 0 atom stereocenters. The van der Waals surface area contributed by atoms with Crippen LogP contribution in [0.3, 0.4) is 0 Å². The Kier molecular flexibility index (Phi) is 5.15. The van der Waals surface area contributed by atoms with Gasteiger partial charge in [0.15, 0.2) is 5.82 Å². The molecule has 4 heterocycles. The van der Waals surface area contributed by atoms with Crippen molar-refractivity contribution < 1.29 is 9.18 Å². The number of pyridine rings is 1. The standard InChI is InChI=1S/C27H19FN6O3/c1-32-21-10-7-17(12-20(21)26(36)34(27(32)37)15-16-5-8-19(28)9-6-16)24(35)25-31-23(18-13-29-30-14-18)22-4-2-3-11-33(22)25/h2-14H,15H2,1H3,(H,29,30). The van der Waals surface area contributed by atoms with Gasteiger partial charge in [0.25, 0.3) is 5.56 Å². The number of carbonyl (C=O) groups excluding carboxylic acids is 1. The highest BCUT2D eigenvalue weighted by Crippen LogP contribution is 2.25. The van der Waals surface area contributed by atoms with E-state index in [1.807, 2.05) is 12.1 Å². The summed E-state index contributed by atoms with van der Waals surface area (Å²) in [5.41, 5.74) is 2.27. The molecule has 0 amide bonds. The molecule has 0 spiro atoms. The fourth-order valence-electron chi connectivity index (χ4n) is 4.49. The largest absolute Gasteiger partial charge is 0.331 e. The minimum Gasteiger partial charge on any atom is -0.296 e. The molecule has 4 aromatic heterocycles. The maximum absolute atomic E-state index is 13.6. The maximum Gasteiger partial charge on any atom is 0.331 e. The van der Waals surface area contributed by atoms with Crippen LogP contribution in [0.4, 0.5) is 4.39 Å². The number of hydrogen-bond donors (Lipinski definition) is 1. The summed E-state index contributed by atoms with van der Waals surface area (Å²) in [7, 11) is 1.56. The van der Waals surface area contributed by atoms with E-state index in [0.717, 1.165) is 15.6 Å². The Balaban J connectivity index is 1.48. The molecule has 0 aliphatic rings. The van der Waals surface area contributed by atoms with Gasteiger partial charge in [-0.25, -0.2) is 14.2 Å². The van der Waals surface area contributed by atoms with Crippen molar-refractivity contribution in [3.05, 3.63) is 123 Å². The van der Waals surface area contributed by atoms with Crippen molar-refractivity contribution in [2.45, 2.75) is 6.54 Å². The van der Waals surface area contributed by atoms with Gasteiger partial charge < -0.3 is 0 Å². The molecule has 182 valence electrons. The van der Waals surface area contributed by atoms with E-state index in [-0.39, 0.29) is 29.1 Å². The highest BCUT2D eigenvalue weighted by molar-refractivity contribution is 6.09. The van der Waals surface area contributed by atoms with Gasteiger partial charge in [0.05, 0.1) is 29.2 Å². The van der Waals surface area contributed by atoms with Crippen molar-refractivity contribution in [3.8, 4) is 11.3 Å². The van der Waals surface area contributed by atoms with Crippen LogP contribution in [0.5, 0.6) is 0 Å². The number of nitrogens with zero attached hydrogens (tertiary/aromatic N) is 5. The molecule has 0 aliphatic heterocycles. The Morgan fingerprint density at radius 2 is 1.84 bits per heavy atom. The van der Waals surface area contributed by atoms with Gasteiger partial charge in [0.2, 0.25) is 5.78 Å². The van der Waals surface area contributed by atoms with Crippen LogP contribution in [0.15, 0.2) is 88.8 Å². The molecule has 0 saturated heterocycles. The van der Waals surface area contributed by atoms with Gasteiger partial charge in [-0.1, -0.05) is 18.2 Å². The number of aryl methyl sites for hydroxylation is 1. The van der Waals surface area contributed by atoms with E-state index in [2.05, 4.69) is 15.2 Å². The van der Waals surface area contributed by atoms with E-state index in [1.54, 1.807) is 48.2 Å². The van der Waals surface area contributed by atoms with Crippen LogP contribution in [-0.2, 0) is 13.6 Å². The number of carbonyl (C=O) groups is 1. The summed E-state index contributed by atoms with van der Waals surface area (Å²) in [4.78, 5) is 44.6. The highest BCUT2D eigenvalue weighted by atomic mass is 19.1. The number of ketones is 1. The predicted molar refractivity (Wildman–Crippen MR) is 135 cm³/mol. The first-order valence-corrected chi connectivity index (χ1v) is 11.4. The number of imidazole rings is 1. The Hall–Kier alpha value is -5.12. The zero-order valence-electron chi connectivity index (χ0n) is 19.6. The van der Waals surface area contributed by atoms with Crippen molar-refractivity contribution >= 4 is 22.2 Å². The highest BCUT2D eigenvalue weighted by Gasteiger charge is 2.21. The lowest BCUT2D eigenvalue weighted by molar-refractivity contribution is 0.102. The third-order valence-corrected chi connectivity index (χ3v) is 6.39. The van der Waals surface area contributed by atoms with Gasteiger partial charge >= 0.3 is 5.69 Å². The molecule has 0 aliphatic carbocycles. The minimum absolute atomic E-state index is 0.0289. The van der Waals surface area contributed by atoms with Crippen LogP contribution >= 0.6 is 0 Å². The second kappa shape index (κ2) is 8.52. The fraction of sp³-hybridized carbons (Fsp3) is 0.0741. The number of hydrogen-bond acceptors (Lipinski definition) is 5. The second-order valence-corrected chi connectivity index (χ2v) is 8.65. The van der Waals surface area contributed by atoms with Crippen LogP contribution in [0.25, 0.3) is 27.7 Å². The molecule has 1 N–H and O–H groups in total. The van der Waals surface area contributed by atoms with E-state index in [4.69, 9.17) is 0 Å². The molecule has 0 saturated carbocycles. The SMILES string of the molecule is Cn1c(=O)n(Cc2ccc(F)cc2)c(=O)c2cc(C(=O)c3nc(-c4cn[nH]c4)c4ccccn34)ccc21. The van der Waals surface area contributed by atoms with Crippen LogP contribution in [-0.4, -0.2) is 34.5 Å². The number of H-pyrrole nitrogens is 1. The van der Waals surface area contributed by atoms with Gasteiger partial charge in [0, 0.05) is 30.6 Å². The van der Waals surface area contributed by atoms with E-state index in [1.165, 1.54) is 34.9 Å². The Labute approximate surface area is 208 Å². The van der Waals surface area contributed by atoms with Gasteiger partial charge in [-0.3, -0.25) is 28.2 Å². The number of benzene rings is 2. The quantitative estimate of drug-likeness (QED) is 0.371. The molecule has 0 fully saturated rings. The second-order valence-electron chi connectivity index (χ2n) is 8.65. The molecule has 6 aromatic rings. The fourth-order valence-corrected chi connectivity index (χ4v) is 4.49. The van der Waals surface area contributed by atoms with Crippen molar-refractivity contribution in [1.29, 1.82) is 0 Å². The number of fused-ring (bicyclic) bond motifs is 2. The van der Waals surface area contributed by atoms with Gasteiger partial charge in [-0.05, 0) is 48.0 Å². The average Bonchev–Trinajstić information content (AvgIpc) is 3.58. The topological polar surface area (TPSA) is 107 Å². The van der Waals surface area contributed by atoms with Crippen molar-refractivity contribution in [2.75, 3.05) is 0 Å². The summed E-state index contributed by atoms with van der Waals surface area (Å²) < 4.78 is 17.4. The molecule has 37 heavy (non-hydrogen) atoms. The first-order chi connectivity index (χ1) is 17.9. The lowest BCUT2D eigenvalue weighted by Gasteiger charge is -2.12. The summed E-state index contributed by atoms with van der Waals surface area (Å²) in [5, 5.41) is 6.95. The number of nitrogens with one attached hydrogen (secondary N) is 1. The summed E-state index contributed by atoms with van der Waals surface area (Å²) >= 11 is 0. The lowest BCUT2D eigenvalue weighted by Crippen LogP contribution is -2.39. The van der Waals surface area contributed by atoms with Crippen LogP contribution in [0.1, 0.15) is 21.7 Å². The molecule has 2 aromatic carbocycles. The number of halogens is 1. The normalized spacial score (nSPS) is 11.4. The molecule has 0 unspecified atom stereocenters. The van der Waals surface area contributed by atoms with Crippen molar-refractivity contribution in [3.63, 3.8) is 0 Å². The van der Waals surface area contributed by atoms with E-state index < -0.39 is 17.1 Å². The zero-order valence-corrected chi connectivity index (χ0v) is 19.6. The monoisotopic (exact) mass is 494 g/mol. The third-order valence-electron chi connectivity index (χ3n) is 6.39. The Bertz CT molecular complexity index is 1930. The Morgan fingerprint density at radius 3 is 2.59 bits per heavy atom. The molecule has 0 bridgehead atoms. The lowest BCUT2D eigenvalue weighted by atomic mass is 10.1. The van der Waals surface area contributed by atoms with E-state index in [9.17, 15) is 18.8 Å². The zero-order chi connectivity index (χ0) is 25.7. The number of aromatic amines is 1. The molecular formula is C27H19FN6O3. The predicted octanol–water partition coefficient (Wildman–Crippen LogP) is 3.16. The number of rotatable bonds is 5. The van der Waals surface area contributed by atoms with Gasteiger partial charge in [0.1, 0.15) is 11.5 Å². The summed E-state index contributed by atoms with van der Waals surface area (Å²) in [6, 6.07) is 15.8. The average molecular weight is 494 g/mol. The summed E-state index contributed by atoms with van der Waals surface area (Å²) in [5.74, 6) is -0.605. The Morgan fingerprint density at radius 1 is 1.03 bits per heavy atom. The van der Waals surface area contributed by atoms with Crippen molar-refractivity contribution in [1.82, 2.24) is 28.7 Å². The van der Waals surface area contributed by atoms with E-state index in [0.29, 0.717) is 16.8 Å². The molecule has 0 radical (unpaired) electrons. The summed E-state index contributed by atoms with van der Waals surface area (Å²) in [6.45, 7) is -0.0289. The van der Waals surface area contributed by atoms with Crippen LogP contribution in [0, 0.1) is 5.82 Å². The molecule has 6 rings (SSSR count). The van der Waals surface area contributed by atoms with Gasteiger partial charge in [-0.2, -0.15) is 5.10 Å². The summed E-state index contributed by atoms with van der Waals surface area (Å²) in [6.07, 6.45) is 5.08. The third kappa shape index (κ3) is 3.66. The smallest absolute Gasteiger partial charge is 0.296 e. The first-order valence-electron chi connectivity index (χ1n) is 11.4. The molecule has 9 nitrogen and oxygen atoms in total. The minimum atomic E-state index is -0.538. The number of aromatic nitrogens is 6. The maximum atomic E-state index is 13.6. The molecule has 10 heteroatoms. The van der Waals surface area contributed by atoms with E-state index >= 15 is 0 Å². The van der Waals surface area contributed by atoms with Crippen LogP contribution < -0.4 is 11.2 Å². The van der Waals surface area contributed by atoms with Gasteiger partial charge in [-0.15, -0.1) is 0 Å². The molecular weight excluding hydrogens is 475 g/mol. The van der Waals surface area contributed by atoms with Crippen LogP contribution in [0.2, 0.25) is 0 Å². The first kappa shape index (κ1) is 22.4. The van der Waals surface area contributed by atoms with Crippen molar-refractivity contribution in [2.24, 2.45) is 7.05 Å².